The summed E-state index contributed by atoms with van der Waals surface area (Å²) in [5.41, 5.74) is 1.05. The number of carbonyl (C=O) groups is 1. The number of benzene rings is 1. The van der Waals surface area contributed by atoms with Crippen LogP contribution in [0.5, 0.6) is 0 Å². The van der Waals surface area contributed by atoms with Crippen LogP contribution in [0.2, 0.25) is 0 Å². The maximum Gasteiger partial charge on any atom is 0.209 e. The van der Waals surface area contributed by atoms with Gasteiger partial charge in [0, 0.05) is 24.5 Å². The second kappa shape index (κ2) is 4.94. The summed E-state index contributed by atoms with van der Waals surface area (Å²) >= 11 is 1.49. The molecule has 21 heavy (non-hydrogen) atoms. The number of thioether (sulfide) groups is 1. The van der Waals surface area contributed by atoms with Gasteiger partial charge in [0.2, 0.25) is 5.16 Å². The summed E-state index contributed by atoms with van der Waals surface area (Å²) in [5.74, 6) is 0.696. The van der Waals surface area contributed by atoms with Gasteiger partial charge in [-0.25, -0.2) is 14.1 Å². The molecule has 1 aromatic carbocycles. The van der Waals surface area contributed by atoms with Crippen molar-refractivity contribution >= 4 is 17.5 Å². The van der Waals surface area contributed by atoms with Crippen molar-refractivity contribution in [3.63, 3.8) is 0 Å². The molecular formula is C15H14FN3OS. The van der Waals surface area contributed by atoms with Crippen LogP contribution in [0.25, 0.3) is 0 Å². The van der Waals surface area contributed by atoms with Crippen LogP contribution < -0.4 is 0 Å². The molecule has 4 rings (SSSR count). The zero-order valence-electron chi connectivity index (χ0n) is 11.3. The minimum Gasteiger partial charge on any atom is -0.300 e. The second-order valence-corrected chi connectivity index (χ2v) is 6.78. The van der Waals surface area contributed by atoms with Crippen molar-refractivity contribution in [1.29, 1.82) is 0 Å². The van der Waals surface area contributed by atoms with Gasteiger partial charge < -0.3 is 0 Å². The Kier molecular flexibility index (Phi) is 3.06. The Hall–Kier alpha value is -1.69. The Morgan fingerprint density at radius 3 is 2.71 bits per heavy atom. The van der Waals surface area contributed by atoms with E-state index in [0.717, 1.165) is 5.56 Å². The minimum atomic E-state index is -1.07. The Balaban J connectivity index is 1.60. The summed E-state index contributed by atoms with van der Waals surface area (Å²) in [7, 11) is 0. The van der Waals surface area contributed by atoms with E-state index < -0.39 is 6.17 Å². The maximum absolute atomic E-state index is 14.2. The first-order valence-electron chi connectivity index (χ1n) is 7.04. The molecule has 0 amide bonds. The van der Waals surface area contributed by atoms with Crippen molar-refractivity contribution in [3.8, 4) is 0 Å². The van der Waals surface area contributed by atoms with Gasteiger partial charge in [0.05, 0.1) is 6.04 Å². The lowest BCUT2D eigenvalue weighted by Crippen LogP contribution is -2.25. The predicted octanol–water partition coefficient (Wildman–Crippen LogP) is 3.11. The van der Waals surface area contributed by atoms with Crippen LogP contribution in [-0.4, -0.2) is 25.8 Å². The first-order valence-corrected chi connectivity index (χ1v) is 7.92. The number of hydrogen-bond donors (Lipinski definition) is 0. The fourth-order valence-corrected chi connectivity index (χ4v) is 3.96. The van der Waals surface area contributed by atoms with Crippen LogP contribution in [0, 0.1) is 0 Å². The number of alkyl halides is 1. The average Bonchev–Trinajstić information content (AvgIpc) is 2.99. The van der Waals surface area contributed by atoms with Gasteiger partial charge in [0.15, 0.2) is 12.0 Å². The third kappa shape index (κ3) is 2.27. The molecule has 2 heterocycles. The lowest BCUT2D eigenvalue weighted by Gasteiger charge is -2.21. The molecule has 2 atom stereocenters. The lowest BCUT2D eigenvalue weighted by molar-refractivity contribution is -0.123. The topological polar surface area (TPSA) is 47.8 Å². The van der Waals surface area contributed by atoms with Crippen molar-refractivity contribution in [2.24, 2.45) is 0 Å². The molecule has 0 bridgehead atoms. The summed E-state index contributed by atoms with van der Waals surface area (Å²) in [6.45, 7) is 0. The van der Waals surface area contributed by atoms with Gasteiger partial charge in [0.25, 0.3) is 0 Å². The molecule has 1 aromatic heterocycles. The molecule has 2 aromatic rings. The highest BCUT2D eigenvalue weighted by atomic mass is 32.2. The smallest absolute Gasteiger partial charge is 0.209 e. The van der Waals surface area contributed by atoms with Crippen LogP contribution in [0.3, 0.4) is 0 Å². The number of Topliss-reactive ketones (excluding diaryl/α,β-unsaturated/α-hetero) is 1. The second-order valence-electron chi connectivity index (χ2n) is 5.51. The van der Waals surface area contributed by atoms with Gasteiger partial charge in [0.1, 0.15) is 5.78 Å². The number of nitrogens with zero attached hydrogens (tertiary/aromatic N) is 3. The van der Waals surface area contributed by atoms with E-state index in [2.05, 4.69) is 10.1 Å². The highest BCUT2D eigenvalue weighted by Gasteiger charge is 2.36. The van der Waals surface area contributed by atoms with Crippen LogP contribution in [0.4, 0.5) is 4.39 Å². The quantitative estimate of drug-likeness (QED) is 0.874. The Labute approximate surface area is 125 Å². The Bertz CT molecular complexity index is 679. The van der Waals surface area contributed by atoms with Crippen LogP contribution in [0.15, 0.2) is 35.5 Å². The summed E-state index contributed by atoms with van der Waals surface area (Å²) < 4.78 is 15.9. The molecule has 0 saturated heterocycles. The molecule has 0 N–H and O–H groups in total. The van der Waals surface area contributed by atoms with E-state index in [1.807, 2.05) is 30.3 Å². The van der Waals surface area contributed by atoms with E-state index >= 15 is 0 Å². The van der Waals surface area contributed by atoms with E-state index in [1.165, 1.54) is 11.8 Å². The lowest BCUT2D eigenvalue weighted by atomic mass is 9.98. The van der Waals surface area contributed by atoms with Crippen molar-refractivity contribution < 1.29 is 9.18 Å². The zero-order chi connectivity index (χ0) is 14.4. The average molecular weight is 303 g/mol. The van der Waals surface area contributed by atoms with E-state index in [4.69, 9.17) is 0 Å². The van der Waals surface area contributed by atoms with Crippen molar-refractivity contribution in [1.82, 2.24) is 14.8 Å². The van der Waals surface area contributed by atoms with Crippen LogP contribution in [-0.2, 0) is 4.79 Å². The normalized spacial score (nSPS) is 24.9. The molecule has 1 aliphatic heterocycles. The monoisotopic (exact) mass is 303 g/mol. The summed E-state index contributed by atoms with van der Waals surface area (Å²) in [6.07, 6.45) is 0.484. The number of carbonyl (C=O) groups excluding carboxylic acids is 1. The molecule has 0 unspecified atom stereocenters. The third-order valence-electron chi connectivity index (χ3n) is 4.01. The first kappa shape index (κ1) is 13.0. The van der Waals surface area contributed by atoms with Gasteiger partial charge in [-0.2, -0.15) is 0 Å². The molecule has 108 valence electrons. The summed E-state index contributed by atoms with van der Waals surface area (Å²) in [4.78, 5) is 15.3. The highest BCUT2D eigenvalue weighted by Crippen LogP contribution is 2.41. The molecular weight excluding hydrogens is 289 g/mol. The fraction of sp³-hybridized carbons (Fsp3) is 0.400. The van der Waals surface area contributed by atoms with Crippen LogP contribution >= 0.6 is 11.8 Å². The molecule has 6 heteroatoms. The van der Waals surface area contributed by atoms with Crippen LogP contribution in [0.1, 0.15) is 42.9 Å². The molecule has 4 nitrogen and oxygen atoms in total. The first-order chi connectivity index (χ1) is 10.2. The van der Waals surface area contributed by atoms with Crippen molar-refractivity contribution in [3.05, 3.63) is 41.7 Å². The number of halogens is 1. The third-order valence-corrected chi connectivity index (χ3v) is 5.06. The SMILES string of the molecule is O=C1CC(Sc2nc3n(n2)[C@H](c2ccccc2)C[C@@H]3F)C1. The van der Waals surface area contributed by atoms with Gasteiger partial charge in [-0.3, -0.25) is 4.79 Å². The largest absolute Gasteiger partial charge is 0.300 e. The van der Waals surface area contributed by atoms with E-state index in [0.29, 0.717) is 30.2 Å². The predicted molar refractivity (Wildman–Crippen MR) is 77.0 cm³/mol. The molecule has 0 spiro atoms. The van der Waals surface area contributed by atoms with Gasteiger partial charge in [-0.15, -0.1) is 5.10 Å². The number of ketones is 1. The van der Waals surface area contributed by atoms with E-state index in [-0.39, 0.29) is 17.1 Å². The maximum atomic E-state index is 14.2. The number of hydrogen-bond acceptors (Lipinski definition) is 4. The molecule has 1 aliphatic carbocycles. The molecule has 0 radical (unpaired) electrons. The molecule has 1 fully saturated rings. The summed E-state index contributed by atoms with van der Waals surface area (Å²) in [6, 6.07) is 9.75. The van der Waals surface area contributed by atoms with Gasteiger partial charge in [-0.1, -0.05) is 42.1 Å². The zero-order valence-corrected chi connectivity index (χ0v) is 12.1. The number of rotatable bonds is 3. The Morgan fingerprint density at radius 2 is 2.00 bits per heavy atom. The molecule has 2 aliphatic rings. The highest BCUT2D eigenvalue weighted by molar-refractivity contribution is 7.99. The van der Waals surface area contributed by atoms with Crippen molar-refractivity contribution in [2.45, 2.75) is 41.9 Å². The molecule has 1 saturated carbocycles. The minimum absolute atomic E-state index is 0.0823. The summed E-state index contributed by atoms with van der Waals surface area (Å²) in [5, 5.41) is 5.31. The fourth-order valence-electron chi connectivity index (χ4n) is 2.84. The number of fused-ring (bicyclic) bond motifs is 1. The van der Waals surface area contributed by atoms with Gasteiger partial charge in [-0.05, 0) is 5.56 Å². The standard InChI is InChI=1S/C15H14FN3OS/c16-12-8-13(9-4-2-1-3-5-9)19-14(12)17-15(18-19)21-11-6-10(20)7-11/h1-5,11-13H,6-8H2/t12-,13-/m0/s1. The van der Waals surface area contributed by atoms with Gasteiger partial charge >= 0.3 is 0 Å². The Morgan fingerprint density at radius 1 is 1.24 bits per heavy atom. The number of aromatic nitrogens is 3. The van der Waals surface area contributed by atoms with E-state index in [9.17, 15) is 9.18 Å². The van der Waals surface area contributed by atoms with Crippen molar-refractivity contribution in [2.75, 3.05) is 0 Å². The van der Waals surface area contributed by atoms with E-state index in [1.54, 1.807) is 4.68 Å².